The van der Waals surface area contributed by atoms with Crippen molar-refractivity contribution in [3.63, 3.8) is 0 Å². The first-order chi connectivity index (χ1) is 14.4. The van der Waals surface area contributed by atoms with Crippen LogP contribution in [0.5, 0.6) is 0 Å². The lowest BCUT2D eigenvalue weighted by atomic mass is 10.1. The molecule has 1 aliphatic rings. The average Bonchev–Trinajstić information content (AvgIpc) is 3.26. The SMILES string of the molecule is CC(NC(=NCc1ccc([N+](=O)[O-])cc1)NCC1CCCO1)c1ccc(F)c(F)c1. The lowest BCUT2D eigenvalue weighted by molar-refractivity contribution is -0.384. The summed E-state index contributed by atoms with van der Waals surface area (Å²) in [6.45, 7) is 3.42. The lowest BCUT2D eigenvalue weighted by Crippen LogP contribution is -2.42. The van der Waals surface area contributed by atoms with Gasteiger partial charge in [0, 0.05) is 25.3 Å². The minimum absolute atomic E-state index is 0.0181. The number of halogens is 2. The molecule has 2 atom stereocenters. The van der Waals surface area contributed by atoms with Crippen LogP contribution in [0.3, 0.4) is 0 Å². The van der Waals surface area contributed by atoms with E-state index in [0.29, 0.717) is 24.6 Å². The Kier molecular flexibility index (Phi) is 7.29. The van der Waals surface area contributed by atoms with Gasteiger partial charge in [-0.2, -0.15) is 0 Å². The van der Waals surface area contributed by atoms with Gasteiger partial charge in [-0.15, -0.1) is 0 Å². The van der Waals surface area contributed by atoms with Gasteiger partial charge in [0.2, 0.25) is 0 Å². The van der Waals surface area contributed by atoms with Gasteiger partial charge in [0.15, 0.2) is 17.6 Å². The second-order valence-electron chi connectivity index (χ2n) is 7.14. The van der Waals surface area contributed by atoms with E-state index < -0.39 is 16.6 Å². The van der Waals surface area contributed by atoms with E-state index >= 15 is 0 Å². The highest BCUT2D eigenvalue weighted by Crippen LogP contribution is 2.17. The maximum atomic E-state index is 13.6. The highest BCUT2D eigenvalue weighted by molar-refractivity contribution is 5.80. The van der Waals surface area contributed by atoms with Crippen molar-refractivity contribution in [2.24, 2.45) is 4.99 Å². The largest absolute Gasteiger partial charge is 0.376 e. The van der Waals surface area contributed by atoms with Crippen molar-refractivity contribution in [3.05, 3.63) is 75.3 Å². The Morgan fingerprint density at radius 2 is 2.03 bits per heavy atom. The average molecular weight is 418 g/mol. The van der Waals surface area contributed by atoms with Crippen LogP contribution in [-0.4, -0.2) is 30.1 Å². The summed E-state index contributed by atoms with van der Waals surface area (Å²) in [6, 6.07) is 9.61. The molecule has 1 saturated heterocycles. The van der Waals surface area contributed by atoms with E-state index in [1.807, 2.05) is 6.92 Å². The van der Waals surface area contributed by atoms with Gasteiger partial charge >= 0.3 is 0 Å². The molecule has 2 N–H and O–H groups in total. The number of hydrogen-bond donors (Lipinski definition) is 2. The number of aliphatic imine (C=N–C) groups is 1. The Labute approximate surface area is 173 Å². The molecule has 0 aliphatic carbocycles. The number of nitrogens with one attached hydrogen (secondary N) is 2. The first kappa shape index (κ1) is 21.6. The van der Waals surface area contributed by atoms with Crippen LogP contribution in [0.4, 0.5) is 14.5 Å². The molecular formula is C21H24F2N4O3. The quantitative estimate of drug-likeness (QED) is 0.309. The van der Waals surface area contributed by atoms with Gasteiger partial charge in [0.25, 0.3) is 5.69 Å². The molecule has 3 rings (SSSR count). The van der Waals surface area contributed by atoms with Crippen molar-refractivity contribution in [1.29, 1.82) is 0 Å². The van der Waals surface area contributed by atoms with Gasteiger partial charge in [-0.1, -0.05) is 18.2 Å². The molecule has 1 heterocycles. The number of rotatable bonds is 7. The van der Waals surface area contributed by atoms with Gasteiger partial charge < -0.3 is 15.4 Å². The normalized spacial score (nSPS) is 17.6. The van der Waals surface area contributed by atoms with Gasteiger partial charge in [-0.3, -0.25) is 10.1 Å². The number of guanidine groups is 1. The van der Waals surface area contributed by atoms with Gasteiger partial charge in [-0.25, -0.2) is 13.8 Å². The summed E-state index contributed by atoms with van der Waals surface area (Å²) < 4.78 is 32.4. The van der Waals surface area contributed by atoms with Crippen molar-refractivity contribution in [3.8, 4) is 0 Å². The monoisotopic (exact) mass is 418 g/mol. The Morgan fingerprint density at radius 3 is 2.67 bits per heavy atom. The van der Waals surface area contributed by atoms with Crippen LogP contribution in [0.2, 0.25) is 0 Å². The molecule has 0 spiro atoms. The van der Waals surface area contributed by atoms with Crippen LogP contribution < -0.4 is 10.6 Å². The number of nitro benzene ring substituents is 1. The fourth-order valence-electron chi connectivity index (χ4n) is 3.13. The number of hydrogen-bond acceptors (Lipinski definition) is 4. The zero-order chi connectivity index (χ0) is 21.5. The van der Waals surface area contributed by atoms with Crippen LogP contribution in [0.15, 0.2) is 47.5 Å². The molecule has 7 nitrogen and oxygen atoms in total. The Bertz CT molecular complexity index is 900. The molecule has 1 fully saturated rings. The van der Waals surface area contributed by atoms with Crippen molar-refractivity contribution < 1.29 is 18.4 Å². The predicted molar refractivity (Wildman–Crippen MR) is 109 cm³/mol. The standard InChI is InChI=1S/C21H24F2N4O3/c1-14(16-6-9-19(22)20(23)11-16)26-21(25-13-18-3-2-10-30-18)24-12-15-4-7-17(8-5-15)27(28)29/h4-9,11,14,18H,2-3,10,12-13H2,1H3,(H2,24,25,26). The summed E-state index contributed by atoms with van der Waals surface area (Å²) in [4.78, 5) is 14.9. The van der Waals surface area contributed by atoms with Crippen LogP contribution in [0.1, 0.15) is 36.9 Å². The van der Waals surface area contributed by atoms with Crippen LogP contribution in [-0.2, 0) is 11.3 Å². The Morgan fingerprint density at radius 1 is 1.27 bits per heavy atom. The second-order valence-corrected chi connectivity index (χ2v) is 7.14. The summed E-state index contributed by atoms with van der Waals surface area (Å²) in [5.74, 6) is -1.31. The third kappa shape index (κ3) is 5.96. The minimum Gasteiger partial charge on any atom is -0.376 e. The van der Waals surface area contributed by atoms with Gasteiger partial charge in [-0.05, 0) is 43.0 Å². The molecule has 2 unspecified atom stereocenters. The zero-order valence-electron chi connectivity index (χ0n) is 16.6. The number of nitrogens with zero attached hydrogens (tertiary/aromatic N) is 2. The van der Waals surface area contributed by atoms with Crippen molar-refractivity contribution in [2.75, 3.05) is 13.2 Å². The molecule has 9 heteroatoms. The third-order valence-electron chi connectivity index (χ3n) is 4.88. The summed E-state index contributed by atoms with van der Waals surface area (Å²) >= 11 is 0. The maximum Gasteiger partial charge on any atom is 0.269 e. The molecule has 1 aliphatic heterocycles. The van der Waals surface area contributed by atoms with E-state index in [1.165, 1.54) is 18.2 Å². The first-order valence-electron chi connectivity index (χ1n) is 9.77. The number of benzene rings is 2. The summed E-state index contributed by atoms with van der Waals surface area (Å²) in [7, 11) is 0. The van der Waals surface area contributed by atoms with Crippen molar-refractivity contribution >= 4 is 11.6 Å². The fourth-order valence-corrected chi connectivity index (χ4v) is 3.13. The first-order valence-corrected chi connectivity index (χ1v) is 9.77. The van der Waals surface area contributed by atoms with Gasteiger partial charge in [0.1, 0.15) is 0 Å². The van der Waals surface area contributed by atoms with Gasteiger partial charge in [0.05, 0.1) is 23.6 Å². The van der Waals surface area contributed by atoms with Crippen molar-refractivity contribution in [2.45, 2.75) is 38.5 Å². The molecule has 160 valence electrons. The molecule has 0 amide bonds. The van der Waals surface area contributed by atoms with Crippen molar-refractivity contribution in [1.82, 2.24) is 10.6 Å². The lowest BCUT2D eigenvalue weighted by Gasteiger charge is -2.20. The zero-order valence-corrected chi connectivity index (χ0v) is 16.6. The molecule has 30 heavy (non-hydrogen) atoms. The summed E-state index contributed by atoms with van der Waals surface area (Å²) in [5.41, 5.74) is 1.40. The molecule has 2 aromatic rings. The van der Waals surface area contributed by atoms with E-state index in [1.54, 1.807) is 12.1 Å². The Balaban J connectivity index is 1.70. The van der Waals surface area contributed by atoms with Crippen LogP contribution in [0, 0.1) is 21.7 Å². The maximum absolute atomic E-state index is 13.6. The number of nitro groups is 1. The fraction of sp³-hybridized carbons (Fsp3) is 0.381. The molecule has 0 bridgehead atoms. The number of non-ortho nitro benzene ring substituents is 1. The minimum atomic E-state index is -0.905. The van der Waals surface area contributed by atoms with E-state index in [-0.39, 0.29) is 17.8 Å². The molecular weight excluding hydrogens is 394 g/mol. The van der Waals surface area contributed by atoms with E-state index in [4.69, 9.17) is 4.74 Å². The van der Waals surface area contributed by atoms with E-state index in [2.05, 4.69) is 15.6 Å². The predicted octanol–water partition coefficient (Wildman–Crippen LogP) is 3.85. The topological polar surface area (TPSA) is 88.8 Å². The second kappa shape index (κ2) is 10.1. The third-order valence-corrected chi connectivity index (χ3v) is 4.88. The highest BCUT2D eigenvalue weighted by atomic mass is 19.2. The molecule has 0 saturated carbocycles. The molecule has 0 radical (unpaired) electrons. The van der Waals surface area contributed by atoms with E-state index in [9.17, 15) is 18.9 Å². The summed E-state index contributed by atoms with van der Waals surface area (Å²) in [5, 5.41) is 17.2. The molecule has 0 aromatic heterocycles. The van der Waals surface area contributed by atoms with Crippen LogP contribution in [0.25, 0.3) is 0 Å². The molecule has 2 aromatic carbocycles. The summed E-state index contributed by atoms with van der Waals surface area (Å²) in [6.07, 6.45) is 2.07. The highest BCUT2D eigenvalue weighted by Gasteiger charge is 2.17. The smallest absolute Gasteiger partial charge is 0.269 e. The van der Waals surface area contributed by atoms with E-state index in [0.717, 1.165) is 37.1 Å². The number of ether oxygens (including phenoxy) is 1. The van der Waals surface area contributed by atoms with Crippen LogP contribution >= 0.6 is 0 Å². The Hall–Kier alpha value is -3.07.